The van der Waals surface area contributed by atoms with Crippen molar-refractivity contribution in [3.8, 4) is 5.69 Å². The number of anilines is 1. The highest BCUT2D eigenvalue weighted by molar-refractivity contribution is 5.92. The lowest BCUT2D eigenvalue weighted by Crippen LogP contribution is -2.45. The first-order valence-corrected chi connectivity index (χ1v) is 11.9. The maximum absolute atomic E-state index is 12.7. The maximum Gasteiger partial charge on any atom is 0.227 e. The van der Waals surface area contributed by atoms with Crippen LogP contribution in [-0.2, 0) is 21.5 Å². The van der Waals surface area contributed by atoms with Gasteiger partial charge in [-0.2, -0.15) is 10.1 Å². The Bertz CT molecular complexity index is 1160. The first kappa shape index (κ1) is 23.7. The largest absolute Gasteiger partial charge is 0.343 e. The molecule has 0 saturated heterocycles. The molecular weight excluding hydrogens is 432 g/mol. The van der Waals surface area contributed by atoms with E-state index in [2.05, 4.69) is 25.9 Å². The van der Waals surface area contributed by atoms with E-state index in [9.17, 15) is 9.59 Å². The fourth-order valence-electron chi connectivity index (χ4n) is 4.69. The van der Waals surface area contributed by atoms with Gasteiger partial charge in [0.05, 0.1) is 17.1 Å². The molecule has 4 rings (SSSR count). The Hall–Kier alpha value is -3.49. The van der Waals surface area contributed by atoms with Gasteiger partial charge in [-0.25, -0.2) is 4.68 Å². The summed E-state index contributed by atoms with van der Waals surface area (Å²) >= 11 is 0. The fourth-order valence-corrected chi connectivity index (χ4v) is 4.69. The van der Waals surface area contributed by atoms with Crippen molar-refractivity contribution in [2.45, 2.75) is 77.7 Å². The highest BCUT2D eigenvalue weighted by Crippen LogP contribution is 2.34. The van der Waals surface area contributed by atoms with Crippen molar-refractivity contribution >= 4 is 17.5 Å². The van der Waals surface area contributed by atoms with Crippen molar-refractivity contribution in [2.24, 2.45) is 0 Å². The van der Waals surface area contributed by atoms with Gasteiger partial charge in [-0.1, -0.05) is 43.0 Å². The van der Waals surface area contributed by atoms with Crippen molar-refractivity contribution < 1.29 is 14.1 Å². The van der Waals surface area contributed by atoms with Crippen LogP contribution in [0.4, 0.5) is 5.69 Å². The van der Waals surface area contributed by atoms with Crippen molar-refractivity contribution in [1.82, 2.24) is 25.2 Å². The minimum Gasteiger partial charge on any atom is -0.343 e. The average molecular weight is 465 g/mol. The SMILES string of the molecule is CC(=O)NC1(c2noc(CCC(=O)Nc3ccccc3-n3nc(C)cc3C)n2)CCCCCC1. The minimum atomic E-state index is -0.592. The Morgan fingerprint density at radius 2 is 1.85 bits per heavy atom. The second-order valence-corrected chi connectivity index (χ2v) is 9.09. The predicted octanol–water partition coefficient (Wildman–Crippen LogP) is 4.13. The molecule has 0 atom stereocenters. The fraction of sp³-hybridized carbons (Fsp3) is 0.480. The molecule has 1 saturated carbocycles. The molecule has 1 fully saturated rings. The molecule has 1 aromatic carbocycles. The number of aromatic nitrogens is 4. The first-order chi connectivity index (χ1) is 16.4. The van der Waals surface area contributed by atoms with Gasteiger partial charge >= 0.3 is 0 Å². The molecule has 2 heterocycles. The van der Waals surface area contributed by atoms with Gasteiger partial charge in [-0.3, -0.25) is 9.59 Å². The van der Waals surface area contributed by atoms with E-state index in [1.165, 1.54) is 6.92 Å². The lowest BCUT2D eigenvalue weighted by molar-refractivity contribution is -0.121. The lowest BCUT2D eigenvalue weighted by Gasteiger charge is -2.30. The van der Waals surface area contributed by atoms with Crippen molar-refractivity contribution in [3.63, 3.8) is 0 Å². The third kappa shape index (κ3) is 5.35. The monoisotopic (exact) mass is 464 g/mol. The van der Waals surface area contributed by atoms with E-state index in [-0.39, 0.29) is 18.2 Å². The van der Waals surface area contributed by atoms with Crippen LogP contribution in [0, 0.1) is 13.8 Å². The van der Waals surface area contributed by atoms with Crippen LogP contribution in [0.1, 0.15) is 75.0 Å². The number of carbonyl (C=O) groups excluding carboxylic acids is 2. The average Bonchev–Trinajstić information content (AvgIpc) is 3.33. The normalized spacial score (nSPS) is 15.5. The number of hydrogen-bond acceptors (Lipinski definition) is 6. The summed E-state index contributed by atoms with van der Waals surface area (Å²) in [6.45, 7) is 5.43. The Morgan fingerprint density at radius 3 is 2.53 bits per heavy atom. The Balaban J connectivity index is 1.43. The van der Waals surface area contributed by atoms with Gasteiger partial charge < -0.3 is 15.2 Å². The highest BCUT2D eigenvalue weighted by Gasteiger charge is 2.38. The maximum atomic E-state index is 12.7. The minimum absolute atomic E-state index is 0.103. The van der Waals surface area contributed by atoms with Crippen LogP contribution in [-0.4, -0.2) is 31.7 Å². The first-order valence-electron chi connectivity index (χ1n) is 11.9. The molecule has 0 spiro atoms. The van der Waals surface area contributed by atoms with Crippen LogP contribution in [0.15, 0.2) is 34.9 Å². The molecule has 2 aromatic heterocycles. The Kier molecular flexibility index (Phi) is 7.09. The van der Waals surface area contributed by atoms with Crippen molar-refractivity contribution in [1.29, 1.82) is 0 Å². The lowest BCUT2D eigenvalue weighted by atomic mass is 9.89. The van der Waals surface area contributed by atoms with E-state index < -0.39 is 5.54 Å². The molecule has 0 radical (unpaired) electrons. The third-order valence-electron chi connectivity index (χ3n) is 6.25. The molecule has 2 amide bonds. The van der Waals surface area contributed by atoms with E-state index in [0.29, 0.717) is 23.8 Å². The summed E-state index contributed by atoms with van der Waals surface area (Å²) < 4.78 is 7.29. The molecule has 0 unspecified atom stereocenters. The number of aryl methyl sites for hydroxylation is 3. The van der Waals surface area contributed by atoms with Gasteiger partial charge in [0, 0.05) is 25.5 Å². The number of nitrogens with zero attached hydrogens (tertiary/aromatic N) is 4. The molecule has 9 heteroatoms. The van der Waals surface area contributed by atoms with Crippen LogP contribution in [0.3, 0.4) is 0 Å². The second-order valence-electron chi connectivity index (χ2n) is 9.09. The summed E-state index contributed by atoms with van der Waals surface area (Å²) in [4.78, 5) is 29.2. The van der Waals surface area contributed by atoms with Crippen LogP contribution >= 0.6 is 0 Å². The summed E-state index contributed by atoms with van der Waals surface area (Å²) in [6.07, 6.45) is 6.35. The van der Waals surface area contributed by atoms with Gasteiger partial charge in [-0.05, 0) is 44.9 Å². The molecule has 3 aromatic rings. The van der Waals surface area contributed by atoms with E-state index in [1.807, 2.05) is 48.9 Å². The topological polar surface area (TPSA) is 115 Å². The van der Waals surface area contributed by atoms with Gasteiger partial charge in [-0.15, -0.1) is 0 Å². The van der Waals surface area contributed by atoms with Crippen LogP contribution in [0.5, 0.6) is 0 Å². The van der Waals surface area contributed by atoms with Gasteiger partial charge in [0.2, 0.25) is 17.7 Å². The smallest absolute Gasteiger partial charge is 0.227 e. The zero-order chi connectivity index (χ0) is 24.1. The predicted molar refractivity (Wildman–Crippen MR) is 127 cm³/mol. The summed E-state index contributed by atoms with van der Waals surface area (Å²) in [5.74, 6) is 0.648. The Labute approximate surface area is 199 Å². The number of benzene rings is 1. The third-order valence-corrected chi connectivity index (χ3v) is 6.25. The standard InChI is InChI=1S/C25H32N6O3/c1-17-16-18(2)31(29-17)21-11-7-6-10-20(21)26-22(33)12-13-23-27-24(30-34-23)25(28-19(3)32)14-8-4-5-9-15-25/h6-7,10-11,16H,4-5,8-9,12-15H2,1-3H3,(H,26,33)(H,28,32). The van der Waals surface area contributed by atoms with Crippen molar-refractivity contribution in [3.05, 3.63) is 53.4 Å². The number of nitrogens with one attached hydrogen (secondary N) is 2. The van der Waals surface area contributed by atoms with Crippen molar-refractivity contribution in [2.75, 3.05) is 5.32 Å². The number of amides is 2. The molecule has 1 aliphatic carbocycles. The number of carbonyl (C=O) groups is 2. The summed E-state index contributed by atoms with van der Waals surface area (Å²) in [5.41, 5.74) is 2.81. The van der Waals surface area contributed by atoms with Gasteiger partial charge in [0.15, 0.2) is 5.82 Å². The molecule has 9 nitrogen and oxygen atoms in total. The molecule has 2 N–H and O–H groups in total. The summed E-state index contributed by atoms with van der Waals surface area (Å²) in [7, 11) is 0. The highest BCUT2D eigenvalue weighted by atomic mass is 16.5. The summed E-state index contributed by atoms with van der Waals surface area (Å²) in [5, 5.41) is 14.8. The molecule has 0 bridgehead atoms. The molecule has 1 aliphatic rings. The van der Waals surface area contributed by atoms with Crippen LogP contribution < -0.4 is 10.6 Å². The zero-order valence-electron chi connectivity index (χ0n) is 20.1. The Morgan fingerprint density at radius 1 is 1.12 bits per heavy atom. The van der Waals surface area contributed by atoms with Crippen LogP contribution in [0.2, 0.25) is 0 Å². The number of rotatable bonds is 7. The number of hydrogen-bond donors (Lipinski definition) is 2. The van der Waals surface area contributed by atoms with E-state index in [1.54, 1.807) is 0 Å². The number of para-hydroxylation sites is 2. The molecular formula is C25H32N6O3. The summed E-state index contributed by atoms with van der Waals surface area (Å²) in [6, 6.07) is 9.57. The molecule has 0 aliphatic heterocycles. The van der Waals surface area contributed by atoms with Crippen LogP contribution in [0.25, 0.3) is 5.69 Å². The van der Waals surface area contributed by atoms with E-state index >= 15 is 0 Å². The second kappa shape index (κ2) is 10.2. The molecule has 34 heavy (non-hydrogen) atoms. The van der Waals surface area contributed by atoms with E-state index in [0.717, 1.165) is 55.6 Å². The van der Waals surface area contributed by atoms with Gasteiger partial charge in [0.1, 0.15) is 5.54 Å². The quantitative estimate of drug-likeness (QED) is 0.508. The van der Waals surface area contributed by atoms with Gasteiger partial charge in [0.25, 0.3) is 0 Å². The molecule has 180 valence electrons. The zero-order valence-corrected chi connectivity index (χ0v) is 20.1. The van der Waals surface area contributed by atoms with E-state index in [4.69, 9.17) is 4.52 Å².